The van der Waals surface area contributed by atoms with Crippen LogP contribution in [0.2, 0.25) is 0 Å². The lowest BCUT2D eigenvalue weighted by Crippen LogP contribution is -2.47. The molecule has 0 aliphatic carbocycles. The third-order valence-electron chi connectivity index (χ3n) is 9.75. The van der Waals surface area contributed by atoms with E-state index >= 15 is 0 Å². The first-order valence-electron chi connectivity index (χ1n) is 16.8. The number of carbonyl (C=O) groups is 4. The molecular weight excluding hydrogens is 640 g/mol. The standard InChI is InChI=1S/C36H42N8O6/c1-21(39-35(47)50-4)33(45)43-17-5-7-29(43)31-37-19-27(40-31)25-13-9-23(10-14-25)24-11-15-26(16-12-24)28-20-38-32(41-28)30-8-6-18-44(30)34(46)22(2)42(3)36(48)49/h9-16,19-22,29-30H,5-8,17-18H2,1-4H3,(H,37,40)(H,38,41)(H,39,47)(H,48,49)/t21-,22-,29-,30-/m0/s1. The van der Waals surface area contributed by atoms with Crippen LogP contribution in [0, 0.1) is 0 Å². The van der Waals surface area contributed by atoms with Crippen molar-refractivity contribution in [3.8, 4) is 33.6 Å². The Kier molecular flexibility index (Phi) is 9.88. The summed E-state index contributed by atoms with van der Waals surface area (Å²) in [6.07, 6.45) is 4.97. The summed E-state index contributed by atoms with van der Waals surface area (Å²) in [6.45, 7) is 4.40. The van der Waals surface area contributed by atoms with E-state index in [0.717, 1.165) is 64.2 Å². The molecule has 0 saturated carbocycles. The van der Waals surface area contributed by atoms with Crippen LogP contribution in [0.5, 0.6) is 0 Å². The molecule has 50 heavy (non-hydrogen) atoms. The van der Waals surface area contributed by atoms with Crippen LogP contribution in [0.15, 0.2) is 60.9 Å². The van der Waals surface area contributed by atoms with Gasteiger partial charge in [-0.05, 0) is 61.8 Å². The molecule has 14 heteroatoms. The first kappa shape index (κ1) is 34.2. The first-order chi connectivity index (χ1) is 24.0. The number of likely N-dealkylation sites (tertiary alicyclic amines) is 2. The van der Waals surface area contributed by atoms with Gasteiger partial charge in [0.15, 0.2) is 0 Å². The average Bonchev–Trinajstić information content (AvgIpc) is 3.97. The minimum atomic E-state index is -1.14. The van der Waals surface area contributed by atoms with Crippen molar-refractivity contribution in [3.63, 3.8) is 0 Å². The second-order valence-corrected chi connectivity index (χ2v) is 12.8. The second kappa shape index (κ2) is 14.4. The Bertz CT molecular complexity index is 1850. The monoisotopic (exact) mass is 682 g/mol. The lowest BCUT2D eigenvalue weighted by atomic mass is 10.0. The SMILES string of the molecule is COC(=O)N[C@@H](C)C(=O)N1CCC[C@H]1c1ncc(-c2ccc(-c3ccc(-c4cnc([C@@H]5CCCN5C(=O)[C@H](C)N(C)C(=O)O)[nH]4)cc3)cc2)[nH]1. The van der Waals surface area contributed by atoms with E-state index in [0.29, 0.717) is 24.7 Å². The lowest BCUT2D eigenvalue weighted by Gasteiger charge is -2.29. The summed E-state index contributed by atoms with van der Waals surface area (Å²) in [5.41, 5.74) is 5.70. The number of ether oxygens (including phenoxy) is 1. The highest BCUT2D eigenvalue weighted by Crippen LogP contribution is 2.34. The molecule has 2 aromatic carbocycles. The van der Waals surface area contributed by atoms with Crippen molar-refractivity contribution < 1.29 is 29.0 Å². The quantitative estimate of drug-likeness (QED) is 0.186. The third-order valence-corrected chi connectivity index (χ3v) is 9.75. The molecule has 0 bridgehead atoms. The van der Waals surface area contributed by atoms with Gasteiger partial charge in [-0.1, -0.05) is 48.5 Å². The van der Waals surface area contributed by atoms with Crippen LogP contribution in [0.3, 0.4) is 0 Å². The maximum Gasteiger partial charge on any atom is 0.407 e. The largest absolute Gasteiger partial charge is 0.465 e. The van der Waals surface area contributed by atoms with Gasteiger partial charge in [0.05, 0.1) is 43.0 Å². The highest BCUT2D eigenvalue weighted by Gasteiger charge is 2.37. The number of carbonyl (C=O) groups excluding carboxylic acids is 3. The van der Waals surface area contributed by atoms with E-state index in [9.17, 15) is 24.3 Å². The highest BCUT2D eigenvalue weighted by atomic mass is 16.5. The highest BCUT2D eigenvalue weighted by molar-refractivity contribution is 5.86. The van der Waals surface area contributed by atoms with E-state index in [4.69, 9.17) is 0 Å². The average molecular weight is 683 g/mol. The predicted octanol–water partition coefficient (Wildman–Crippen LogP) is 5.20. The molecule has 14 nitrogen and oxygen atoms in total. The third kappa shape index (κ3) is 6.91. The van der Waals surface area contributed by atoms with Gasteiger partial charge < -0.3 is 34.9 Å². The van der Waals surface area contributed by atoms with Crippen molar-refractivity contribution in [1.29, 1.82) is 0 Å². The number of benzene rings is 2. The molecule has 0 unspecified atom stereocenters. The number of imidazole rings is 2. The summed E-state index contributed by atoms with van der Waals surface area (Å²) >= 11 is 0. The number of aromatic amines is 2. The van der Waals surface area contributed by atoms with Gasteiger partial charge in [0.2, 0.25) is 11.8 Å². The van der Waals surface area contributed by atoms with Crippen LogP contribution in [-0.2, 0) is 14.3 Å². The molecule has 4 atom stereocenters. The molecule has 2 aliphatic rings. The molecular formula is C36H42N8O6. The zero-order valence-corrected chi connectivity index (χ0v) is 28.6. The zero-order chi connectivity index (χ0) is 35.5. The second-order valence-electron chi connectivity index (χ2n) is 12.8. The van der Waals surface area contributed by atoms with Crippen LogP contribution < -0.4 is 5.32 Å². The number of alkyl carbamates (subject to hydrolysis) is 1. The summed E-state index contributed by atoms with van der Waals surface area (Å²) in [6, 6.07) is 14.4. The maximum absolute atomic E-state index is 13.1. The van der Waals surface area contributed by atoms with Gasteiger partial charge >= 0.3 is 12.2 Å². The van der Waals surface area contributed by atoms with Crippen molar-refractivity contribution in [2.24, 2.45) is 0 Å². The van der Waals surface area contributed by atoms with Crippen molar-refractivity contribution in [3.05, 3.63) is 72.6 Å². The van der Waals surface area contributed by atoms with E-state index in [1.54, 1.807) is 36.0 Å². The molecule has 6 rings (SSSR count). The number of hydrogen-bond donors (Lipinski definition) is 4. The van der Waals surface area contributed by atoms with Crippen molar-refractivity contribution >= 4 is 24.0 Å². The molecule has 2 saturated heterocycles. The van der Waals surface area contributed by atoms with Crippen LogP contribution in [0.1, 0.15) is 63.3 Å². The fraction of sp³-hybridized carbons (Fsp3) is 0.389. The Balaban J connectivity index is 1.10. The van der Waals surface area contributed by atoms with Gasteiger partial charge in [-0.25, -0.2) is 19.6 Å². The van der Waals surface area contributed by atoms with Crippen molar-refractivity contribution in [2.45, 2.75) is 63.7 Å². The van der Waals surface area contributed by atoms with Gasteiger partial charge in [0, 0.05) is 20.1 Å². The number of aromatic nitrogens is 4. The summed E-state index contributed by atoms with van der Waals surface area (Å²) in [5.74, 6) is 0.997. The molecule has 2 fully saturated rings. The molecule has 0 spiro atoms. The Morgan fingerprint density at radius 2 is 1.24 bits per heavy atom. The molecule has 0 radical (unpaired) electrons. The molecule has 4 aromatic rings. The topological polar surface area (TPSA) is 177 Å². The lowest BCUT2D eigenvalue weighted by molar-refractivity contribution is -0.136. The van der Waals surface area contributed by atoms with E-state index in [1.165, 1.54) is 14.2 Å². The Hall–Kier alpha value is -5.66. The number of methoxy groups -OCH3 is 1. The minimum Gasteiger partial charge on any atom is -0.465 e. The van der Waals surface area contributed by atoms with E-state index in [2.05, 4.69) is 54.3 Å². The first-order valence-corrected chi connectivity index (χ1v) is 16.8. The van der Waals surface area contributed by atoms with E-state index in [-0.39, 0.29) is 23.9 Å². The number of H-pyrrole nitrogens is 2. The Morgan fingerprint density at radius 1 is 0.800 bits per heavy atom. The van der Waals surface area contributed by atoms with Crippen molar-refractivity contribution in [1.82, 2.24) is 40.0 Å². The number of nitrogens with zero attached hydrogens (tertiary/aromatic N) is 5. The number of amides is 4. The number of hydrogen-bond acceptors (Lipinski definition) is 7. The number of nitrogens with one attached hydrogen (secondary N) is 3. The predicted molar refractivity (Wildman–Crippen MR) is 185 cm³/mol. The summed E-state index contributed by atoms with van der Waals surface area (Å²) in [7, 11) is 2.67. The van der Waals surface area contributed by atoms with E-state index < -0.39 is 24.3 Å². The summed E-state index contributed by atoms with van der Waals surface area (Å²) in [5, 5.41) is 11.9. The number of carboxylic acid groups (broad SMARTS) is 1. The fourth-order valence-corrected chi connectivity index (χ4v) is 6.74. The fourth-order valence-electron chi connectivity index (χ4n) is 6.74. The normalized spacial score (nSPS) is 18.5. The minimum absolute atomic E-state index is 0.177. The molecule has 4 heterocycles. The molecule has 2 aromatic heterocycles. The smallest absolute Gasteiger partial charge is 0.407 e. The van der Waals surface area contributed by atoms with Crippen LogP contribution >= 0.6 is 0 Å². The van der Waals surface area contributed by atoms with Gasteiger partial charge in [-0.15, -0.1) is 0 Å². The zero-order valence-electron chi connectivity index (χ0n) is 28.6. The number of rotatable bonds is 9. The van der Waals surface area contributed by atoms with E-state index in [1.807, 2.05) is 24.3 Å². The van der Waals surface area contributed by atoms with Gasteiger partial charge in [-0.2, -0.15) is 0 Å². The maximum atomic E-state index is 13.1. The van der Waals surface area contributed by atoms with Crippen molar-refractivity contribution in [2.75, 3.05) is 27.2 Å². The van der Waals surface area contributed by atoms with Crippen LogP contribution in [-0.4, -0.2) is 103 Å². The summed E-state index contributed by atoms with van der Waals surface area (Å²) in [4.78, 5) is 69.7. The van der Waals surface area contributed by atoms with Crippen LogP contribution in [0.4, 0.5) is 9.59 Å². The molecule has 262 valence electrons. The van der Waals surface area contributed by atoms with Gasteiger partial charge in [-0.3, -0.25) is 14.5 Å². The molecule has 4 N–H and O–H groups in total. The van der Waals surface area contributed by atoms with Crippen LogP contribution in [0.25, 0.3) is 33.6 Å². The Labute approximate surface area is 289 Å². The molecule has 4 amide bonds. The van der Waals surface area contributed by atoms with Gasteiger partial charge in [0.25, 0.3) is 0 Å². The summed E-state index contributed by atoms with van der Waals surface area (Å²) < 4.78 is 4.63. The number of likely N-dealkylation sites (N-methyl/N-ethyl adjacent to an activating group) is 1. The Morgan fingerprint density at radius 3 is 1.68 bits per heavy atom. The molecule has 2 aliphatic heterocycles. The van der Waals surface area contributed by atoms with Gasteiger partial charge in [0.1, 0.15) is 23.7 Å².